The summed E-state index contributed by atoms with van der Waals surface area (Å²) in [5.41, 5.74) is 8.09. The zero-order valence-corrected chi connectivity index (χ0v) is 35.8. The summed E-state index contributed by atoms with van der Waals surface area (Å²) < 4.78 is 11.5. The van der Waals surface area contributed by atoms with E-state index < -0.39 is 0 Å². The Morgan fingerprint density at radius 2 is 0.807 bits per heavy atom. The average Bonchev–Trinajstić information content (AvgIpc) is 3.27. The normalized spacial score (nSPS) is 18.8. The van der Waals surface area contributed by atoms with Crippen LogP contribution in [-0.2, 0) is 12.8 Å². The van der Waals surface area contributed by atoms with Gasteiger partial charge in [-0.25, -0.2) is 0 Å². The van der Waals surface area contributed by atoms with E-state index in [4.69, 9.17) is 9.47 Å². The molecule has 2 aliphatic rings. The third kappa shape index (κ3) is 15.5. The Morgan fingerprint density at radius 1 is 0.421 bits per heavy atom. The topological polar surface area (TPSA) is 18.5 Å². The van der Waals surface area contributed by atoms with Gasteiger partial charge < -0.3 is 9.47 Å². The molecule has 4 aromatic carbocycles. The van der Waals surface area contributed by atoms with Crippen LogP contribution in [0.1, 0.15) is 169 Å². The number of hydrogen-bond donors (Lipinski definition) is 0. The van der Waals surface area contributed by atoms with Crippen molar-refractivity contribution in [2.75, 3.05) is 13.2 Å². The molecule has 4 aromatic rings. The molecule has 2 heteroatoms. The van der Waals surface area contributed by atoms with Crippen molar-refractivity contribution in [1.82, 2.24) is 0 Å². The Bertz CT molecular complexity index is 1800. The number of rotatable bonds is 15. The van der Waals surface area contributed by atoms with Crippen molar-refractivity contribution in [1.29, 1.82) is 0 Å². The largest absolute Gasteiger partial charge is 0.494 e. The average molecular weight is 763 g/mol. The van der Waals surface area contributed by atoms with Gasteiger partial charge >= 0.3 is 0 Å². The molecule has 0 bridgehead atoms. The molecular weight excluding hydrogens is 693 g/mol. The van der Waals surface area contributed by atoms with Gasteiger partial charge in [-0.3, -0.25) is 0 Å². The van der Waals surface area contributed by atoms with Gasteiger partial charge in [0.05, 0.1) is 13.2 Å². The molecule has 2 saturated carbocycles. The molecule has 0 atom stereocenters. The predicted molar refractivity (Wildman–Crippen MR) is 242 cm³/mol. The van der Waals surface area contributed by atoms with Crippen LogP contribution in [0, 0.1) is 35.5 Å². The lowest BCUT2D eigenvalue weighted by molar-refractivity contribution is 0.309. The first-order valence-electron chi connectivity index (χ1n) is 22.7. The Morgan fingerprint density at radius 3 is 1.18 bits per heavy atom. The van der Waals surface area contributed by atoms with Gasteiger partial charge in [0.1, 0.15) is 11.5 Å². The predicted octanol–water partition coefficient (Wildman–Crippen LogP) is 14.7. The van der Waals surface area contributed by atoms with Gasteiger partial charge in [-0.15, -0.1) is 0 Å². The quantitative estimate of drug-likeness (QED) is 0.0887. The summed E-state index contributed by atoms with van der Waals surface area (Å²) in [5, 5.41) is 0. The van der Waals surface area contributed by atoms with Crippen molar-refractivity contribution in [2.24, 2.45) is 11.8 Å². The van der Waals surface area contributed by atoms with Crippen LogP contribution in [0.4, 0.5) is 0 Å². The monoisotopic (exact) mass is 763 g/mol. The third-order valence-electron chi connectivity index (χ3n) is 11.8. The molecule has 302 valence electrons. The van der Waals surface area contributed by atoms with Gasteiger partial charge in [0.15, 0.2) is 0 Å². The van der Waals surface area contributed by atoms with Crippen LogP contribution >= 0.6 is 0 Å². The second-order valence-electron chi connectivity index (χ2n) is 16.4. The Balaban J connectivity index is 0.000000218. The number of ether oxygens (including phenoxy) is 2. The van der Waals surface area contributed by atoms with Gasteiger partial charge in [-0.1, -0.05) is 119 Å². The van der Waals surface area contributed by atoms with Crippen molar-refractivity contribution in [3.63, 3.8) is 0 Å². The van der Waals surface area contributed by atoms with Gasteiger partial charge in [0.2, 0.25) is 0 Å². The number of aryl methyl sites for hydroxylation is 2. The number of hydrogen-bond acceptors (Lipinski definition) is 2. The molecule has 0 N–H and O–H groups in total. The third-order valence-corrected chi connectivity index (χ3v) is 11.8. The van der Waals surface area contributed by atoms with E-state index in [0.29, 0.717) is 23.7 Å². The molecule has 0 spiro atoms. The van der Waals surface area contributed by atoms with Crippen LogP contribution in [0.3, 0.4) is 0 Å². The van der Waals surface area contributed by atoms with Crippen molar-refractivity contribution in [2.45, 2.75) is 149 Å². The maximum atomic E-state index is 5.79. The van der Waals surface area contributed by atoms with E-state index in [1.807, 2.05) is 0 Å². The molecule has 0 radical (unpaired) electrons. The molecule has 0 unspecified atom stereocenters. The summed E-state index contributed by atoms with van der Waals surface area (Å²) in [6, 6.07) is 35.3. The summed E-state index contributed by atoms with van der Waals surface area (Å²) in [4.78, 5) is 0. The fourth-order valence-electron chi connectivity index (χ4n) is 8.01. The van der Waals surface area contributed by atoms with Crippen LogP contribution in [-0.4, -0.2) is 13.2 Å². The first kappa shape index (κ1) is 43.7. The summed E-state index contributed by atoms with van der Waals surface area (Å²) in [6.45, 7) is 10.4. The second kappa shape index (κ2) is 25.1. The highest BCUT2D eigenvalue weighted by Crippen LogP contribution is 2.37. The lowest BCUT2D eigenvalue weighted by atomic mass is 9.79. The summed E-state index contributed by atoms with van der Waals surface area (Å²) in [7, 11) is 0. The van der Waals surface area contributed by atoms with Crippen LogP contribution in [0.5, 0.6) is 11.5 Å². The van der Waals surface area contributed by atoms with E-state index in [1.54, 1.807) is 0 Å². The standard InChI is InChI=1S/C28H36O.C27H34O/c1-3-5-7-23-8-10-24(11-9-23)12-13-25-14-16-26(17-15-25)27-18-20-28(21-19-27)29-22-6-4-2;1-3-5-6-22-7-9-23(10-8-22)11-12-24-13-15-25(16-14-24)26-17-19-27(20-18-26)28-21-4-2/h8-11,18-21,25-26H,3-7,14-17,22H2,1-2H3;7-10,17-20,24-25H,3-6,13-16,21H2,1-2H3/t25-,26-;24-,25-. The fourth-order valence-corrected chi connectivity index (χ4v) is 8.01. The maximum absolute atomic E-state index is 5.79. The van der Waals surface area contributed by atoms with Crippen molar-refractivity contribution in [3.05, 3.63) is 130 Å². The first-order valence-corrected chi connectivity index (χ1v) is 22.7. The van der Waals surface area contributed by atoms with Gasteiger partial charge in [0.25, 0.3) is 0 Å². The van der Waals surface area contributed by atoms with Gasteiger partial charge in [-0.2, -0.15) is 0 Å². The molecule has 57 heavy (non-hydrogen) atoms. The molecule has 2 fully saturated rings. The fraction of sp³-hybridized carbons (Fsp3) is 0.491. The Hall–Kier alpha value is -4.40. The van der Waals surface area contributed by atoms with E-state index >= 15 is 0 Å². The Labute approximate surface area is 347 Å². The minimum absolute atomic E-state index is 0.544. The molecule has 2 aliphatic carbocycles. The lowest BCUT2D eigenvalue weighted by Gasteiger charge is -2.26. The highest BCUT2D eigenvalue weighted by atomic mass is 16.5. The molecule has 6 rings (SSSR count). The zero-order valence-electron chi connectivity index (χ0n) is 35.8. The minimum atomic E-state index is 0.544. The molecule has 0 aromatic heterocycles. The summed E-state index contributed by atoms with van der Waals surface area (Å²) in [6.07, 6.45) is 20.5. The second-order valence-corrected chi connectivity index (χ2v) is 16.4. The van der Waals surface area contributed by atoms with E-state index in [0.717, 1.165) is 48.7 Å². The summed E-state index contributed by atoms with van der Waals surface area (Å²) in [5.74, 6) is 18.3. The number of unbranched alkanes of at least 4 members (excludes halogenated alkanes) is 3. The van der Waals surface area contributed by atoms with E-state index in [9.17, 15) is 0 Å². The highest BCUT2D eigenvalue weighted by molar-refractivity contribution is 5.38. The van der Waals surface area contributed by atoms with Crippen LogP contribution < -0.4 is 9.47 Å². The van der Waals surface area contributed by atoms with Crippen LogP contribution in [0.25, 0.3) is 0 Å². The zero-order chi connectivity index (χ0) is 39.9. The first-order chi connectivity index (χ1) is 28.1. The SMILES string of the molecule is CCCCOc1ccc([C@H]2CC[C@H](C#Cc3ccc(CCCC)cc3)CC2)cc1.CCCCc1ccc(C#C[C@H]2CC[C@H](c3ccc(OCCC)cc3)CC2)cc1. The summed E-state index contributed by atoms with van der Waals surface area (Å²) >= 11 is 0. The van der Waals surface area contributed by atoms with E-state index in [-0.39, 0.29) is 0 Å². The Kier molecular flexibility index (Phi) is 19.2. The highest BCUT2D eigenvalue weighted by Gasteiger charge is 2.22. The molecular formula is C55H70O2. The smallest absolute Gasteiger partial charge is 0.119 e. The van der Waals surface area contributed by atoms with Crippen LogP contribution in [0.2, 0.25) is 0 Å². The van der Waals surface area contributed by atoms with E-state index in [2.05, 4.69) is 148 Å². The molecule has 0 amide bonds. The number of benzene rings is 4. The molecule has 0 aliphatic heterocycles. The van der Waals surface area contributed by atoms with Crippen molar-refractivity contribution in [3.8, 4) is 35.2 Å². The maximum Gasteiger partial charge on any atom is 0.119 e. The lowest BCUT2D eigenvalue weighted by Crippen LogP contribution is -2.12. The molecule has 0 heterocycles. The van der Waals surface area contributed by atoms with Gasteiger partial charge in [0, 0.05) is 23.0 Å². The molecule has 0 saturated heterocycles. The van der Waals surface area contributed by atoms with Crippen molar-refractivity contribution < 1.29 is 9.47 Å². The minimum Gasteiger partial charge on any atom is -0.494 e. The van der Waals surface area contributed by atoms with E-state index in [1.165, 1.54) is 119 Å². The van der Waals surface area contributed by atoms with Gasteiger partial charge in [-0.05, 0) is 173 Å². The van der Waals surface area contributed by atoms with Crippen molar-refractivity contribution >= 4 is 0 Å². The molecule has 2 nitrogen and oxygen atoms in total. The van der Waals surface area contributed by atoms with Crippen LogP contribution in [0.15, 0.2) is 97.1 Å².